The van der Waals surface area contributed by atoms with Crippen LogP contribution < -0.4 is 0 Å². The number of carbonyl (C=O) groups excluding carboxylic acids is 1. The summed E-state index contributed by atoms with van der Waals surface area (Å²) in [6, 6.07) is 7.63. The first kappa shape index (κ1) is 18.7. The molecule has 0 atom stereocenters. The number of hydrogen-bond acceptors (Lipinski definition) is 3. The van der Waals surface area contributed by atoms with Gasteiger partial charge in [0.25, 0.3) is 16.1 Å². The van der Waals surface area contributed by atoms with Crippen LogP contribution in [0.4, 0.5) is 0 Å². The minimum atomic E-state index is -3.41. The Balaban J connectivity index is 1.51. The van der Waals surface area contributed by atoms with Crippen LogP contribution in [0.1, 0.15) is 23.3 Å². The molecule has 2 aromatic rings. The van der Waals surface area contributed by atoms with Crippen LogP contribution in [0.3, 0.4) is 0 Å². The predicted octanol–water partition coefficient (Wildman–Crippen LogP) is 1.93. The molecule has 2 saturated heterocycles. The van der Waals surface area contributed by atoms with Gasteiger partial charge < -0.3 is 9.47 Å². The lowest BCUT2D eigenvalue weighted by atomic mass is 10.2. The number of benzene rings is 1. The molecule has 0 bridgehead atoms. The fraction of sp³-hybridized carbons (Fsp3) is 0.500. The fourth-order valence-corrected chi connectivity index (χ4v) is 5.98. The van der Waals surface area contributed by atoms with Crippen molar-refractivity contribution < 1.29 is 13.2 Å². The monoisotopic (exact) mass is 410 g/mol. The van der Waals surface area contributed by atoms with Crippen molar-refractivity contribution in [2.75, 3.05) is 39.3 Å². The van der Waals surface area contributed by atoms with Crippen molar-refractivity contribution in [3.8, 4) is 0 Å². The Morgan fingerprint density at radius 1 is 0.963 bits per heavy atom. The smallest absolute Gasteiger partial charge is 0.282 e. The molecule has 0 saturated carbocycles. The number of fused-ring (bicyclic) bond motifs is 1. The van der Waals surface area contributed by atoms with E-state index in [2.05, 4.69) is 0 Å². The third kappa shape index (κ3) is 3.14. The molecular formula is C18H23ClN4O3S. The number of amides is 1. The van der Waals surface area contributed by atoms with Gasteiger partial charge in [0.05, 0.1) is 5.02 Å². The highest BCUT2D eigenvalue weighted by atomic mass is 35.5. The van der Waals surface area contributed by atoms with Gasteiger partial charge in [0, 0.05) is 57.2 Å². The minimum absolute atomic E-state index is 0.156. The average Bonchev–Trinajstić information content (AvgIpc) is 3.30. The van der Waals surface area contributed by atoms with Gasteiger partial charge in [0.15, 0.2) is 0 Å². The first-order valence-electron chi connectivity index (χ1n) is 9.18. The number of hydrogen-bond donors (Lipinski definition) is 0. The highest BCUT2D eigenvalue weighted by molar-refractivity contribution is 7.86. The Labute approximate surface area is 164 Å². The number of aryl methyl sites for hydroxylation is 1. The van der Waals surface area contributed by atoms with Gasteiger partial charge in [-0.3, -0.25) is 4.79 Å². The highest BCUT2D eigenvalue weighted by Gasteiger charge is 2.35. The summed E-state index contributed by atoms with van der Waals surface area (Å²) in [5.41, 5.74) is 1.36. The number of carbonyl (C=O) groups is 1. The number of para-hydroxylation sites is 1. The molecule has 9 heteroatoms. The molecule has 0 spiro atoms. The van der Waals surface area contributed by atoms with E-state index < -0.39 is 10.2 Å². The molecule has 2 aliphatic heterocycles. The molecule has 0 radical (unpaired) electrons. The first-order chi connectivity index (χ1) is 12.9. The van der Waals surface area contributed by atoms with Crippen LogP contribution >= 0.6 is 11.6 Å². The topological polar surface area (TPSA) is 65.9 Å². The van der Waals surface area contributed by atoms with Gasteiger partial charge in [-0.2, -0.15) is 17.0 Å². The van der Waals surface area contributed by atoms with Gasteiger partial charge in [-0.1, -0.05) is 29.8 Å². The van der Waals surface area contributed by atoms with Crippen LogP contribution in [0.2, 0.25) is 5.02 Å². The standard InChI is InChI=1S/C18H23ClN4O3S/c1-20-15-7-3-2-6-14(15)16(19)17(20)18(24)21-10-12-23(13-11-21)27(25,26)22-8-4-5-9-22/h2-3,6-7H,4-5,8-13H2,1H3. The molecule has 2 fully saturated rings. The second-order valence-electron chi connectivity index (χ2n) is 7.04. The van der Waals surface area contributed by atoms with Crippen molar-refractivity contribution in [1.29, 1.82) is 0 Å². The molecule has 7 nitrogen and oxygen atoms in total. The van der Waals surface area contributed by atoms with Crippen molar-refractivity contribution in [1.82, 2.24) is 18.1 Å². The van der Waals surface area contributed by atoms with E-state index in [1.54, 1.807) is 9.21 Å². The molecular weight excluding hydrogens is 388 g/mol. The Kier molecular flexibility index (Phi) is 4.92. The van der Waals surface area contributed by atoms with Crippen molar-refractivity contribution in [2.24, 2.45) is 7.05 Å². The number of rotatable bonds is 3. The van der Waals surface area contributed by atoms with E-state index in [1.165, 1.54) is 4.31 Å². The lowest BCUT2D eigenvalue weighted by Gasteiger charge is -2.35. The molecule has 4 rings (SSSR count). The van der Waals surface area contributed by atoms with Crippen LogP contribution in [-0.4, -0.2) is 71.7 Å². The summed E-state index contributed by atoms with van der Waals surface area (Å²) in [5, 5.41) is 1.30. The first-order valence-corrected chi connectivity index (χ1v) is 11.0. The van der Waals surface area contributed by atoms with Gasteiger partial charge in [0.1, 0.15) is 5.69 Å². The summed E-state index contributed by atoms with van der Waals surface area (Å²) in [7, 11) is -1.59. The van der Waals surface area contributed by atoms with Crippen molar-refractivity contribution in [3.63, 3.8) is 0 Å². The van der Waals surface area contributed by atoms with Crippen LogP contribution in [0.5, 0.6) is 0 Å². The van der Waals surface area contributed by atoms with E-state index >= 15 is 0 Å². The van der Waals surface area contributed by atoms with E-state index in [0.29, 0.717) is 50.0 Å². The van der Waals surface area contributed by atoms with E-state index in [9.17, 15) is 13.2 Å². The quantitative estimate of drug-likeness (QED) is 0.776. The average molecular weight is 411 g/mol. The summed E-state index contributed by atoms with van der Waals surface area (Å²) >= 11 is 6.48. The second-order valence-corrected chi connectivity index (χ2v) is 9.35. The van der Waals surface area contributed by atoms with Crippen LogP contribution in [0.15, 0.2) is 24.3 Å². The van der Waals surface area contributed by atoms with E-state index in [4.69, 9.17) is 11.6 Å². The van der Waals surface area contributed by atoms with Gasteiger partial charge in [0.2, 0.25) is 0 Å². The van der Waals surface area contributed by atoms with E-state index in [1.807, 2.05) is 35.9 Å². The van der Waals surface area contributed by atoms with Gasteiger partial charge >= 0.3 is 0 Å². The zero-order chi connectivity index (χ0) is 19.2. The molecule has 0 N–H and O–H groups in total. The Morgan fingerprint density at radius 2 is 1.56 bits per heavy atom. The number of nitrogens with zero attached hydrogens (tertiary/aromatic N) is 4. The molecule has 1 aromatic carbocycles. The van der Waals surface area contributed by atoms with Crippen molar-refractivity contribution in [2.45, 2.75) is 12.8 Å². The summed E-state index contributed by atoms with van der Waals surface area (Å²) in [5.74, 6) is -0.156. The lowest BCUT2D eigenvalue weighted by Crippen LogP contribution is -2.54. The summed E-state index contributed by atoms with van der Waals surface area (Å²) in [4.78, 5) is 14.8. The molecule has 1 amide bonds. The molecule has 27 heavy (non-hydrogen) atoms. The van der Waals surface area contributed by atoms with Crippen molar-refractivity contribution >= 4 is 38.6 Å². The maximum absolute atomic E-state index is 13.1. The summed E-state index contributed by atoms with van der Waals surface area (Å²) in [6.07, 6.45) is 1.83. The third-order valence-corrected chi connectivity index (χ3v) is 7.91. The van der Waals surface area contributed by atoms with Crippen LogP contribution in [-0.2, 0) is 17.3 Å². The maximum atomic E-state index is 13.1. The Bertz CT molecular complexity index is 935. The SMILES string of the molecule is Cn1c(C(=O)N2CCN(S(=O)(=O)N3CCCC3)CC2)c(Cl)c2ccccc21. The number of halogens is 1. The largest absolute Gasteiger partial charge is 0.338 e. The van der Waals surface area contributed by atoms with E-state index in [0.717, 1.165) is 23.7 Å². The normalized spacial score (nSPS) is 19.9. The van der Waals surface area contributed by atoms with Crippen LogP contribution in [0, 0.1) is 0 Å². The van der Waals surface area contributed by atoms with Gasteiger partial charge in [-0.15, -0.1) is 0 Å². The molecule has 0 aliphatic carbocycles. The van der Waals surface area contributed by atoms with Gasteiger partial charge in [-0.25, -0.2) is 0 Å². The van der Waals surface area contributed by atoms with Gasteiger partial charge in [-0.05, 0) is 18.9 Å². The zero-order valence-corrected chi connectivity index (χ0v) is 16.8. The molecule has 1 aromatic heterocycles. The number of piperazine rings is 1. The second kappa shape index (κ2) is 7.09. The number of aromatic nitrogens is 1. The Hall–Kier alpha value is -1.61. The predicted molar refractivity (Wildman–Crippen MR) is 105 cm³/mol. The minimum Gasteiger partial charge on any atom is -0.338 e. The highest BCUT2D eigenvalue weighted by Crippen LogP contribution is 2.31. The maximum Gasteiger partial charge on any atom is 0.282 e. The summed E-state index contributed by atoms with van der Waals surface area (Å²) < 4.78 is 30.2. The van der Waals surface area contributed by atoms with E-state index in [-0.39, 0.29) is 5.91 Å². The van der Waals surface area contributed by atoms with Crippen molar-refractivity contribution in [3.05, 3.63) is 35.0 Å². The third-order valence-electron chi connectivity index (χ3n) is 5.49. The molecule has 0 unspecified atom stereocenters. The molecule has 3 heterocycles. The summed E-state index contributed by atoms with van der Waals surface area (Å²) in [6.45, 7) is 2.53. The fourth-order valence-electron chi connectivity index (χ4n) is 3.94. The zero-order valence-electron chi connectivity index (χ0n) is 15.3. The molecule has 2 aliphatic rings. The molecule has 146 valence electrons. The van der Waals surface area contributed by atoms with Crippen LogP contribution in [0.25, 0.3) is 10.9 Å². The lowest BCUT2D eigenvalue weighted by molar-refractivity contribution is 0.0685. The Morgan fingerprint density at radius 3 is 2.19 bits per heavy atom.